The maximum Gasteiger partial charge on any atom is 0.254 e. The lowest BCUT2D eigenvalue weighted by molar-refractivity contribution is 0.0959. The average Bonchev–Trinajstić information content (AvgIpc) is 2.47. The van der Waals surface area contributed by atoms with E-state index in [1.807, 2.05) is 12.1 Å². The Bertz CT molecular complexity index is 638. The molecule has 1 aromatic heterocycles. The van der Waals surface area contributed by atoms with Crippen LogP contribution in [0.5, 0.6) is 0 Å². The molecule has 104 valence electrons. The first kappa shape index (κ1) is 14.2. The lowest BCUT2D eigenvalue weighted by Crippen LogP contribution is -2.19. The molecule has 3 nitrogen and oxygen atoms in total. The predicted molar refractivity (Wildman–Crippen MR) is 77.1 cm³/mol. The summed E-state index contributed by atoms with van der Waals surface area (Å²) in [7, 11) is 1.48. The normalized spacial score (nSPS) is 10.7. The van der Waals surface area contributed by atoms with Crippen molar-refractivity contribution in [1.29, 1.82) is 0 Å². The zero-order valence-electron chi connectivity index (χ0n) is 11.8. The number of carbonyl (C=O) groups is 1. The van der Waals surface area contributed by atoms with E-state index in [1.54, 1.807) is 18.3 Å². The molecule has 20 heavy (non-hydrogen) atoms. The van der Waals surface area contributed by atoms with Gasteiger partial charge in [0.05, 0.1) is 11.3 Å². The summed E-state index contributed by atoms with van der Waals surface area (Å²) < 4.78 is 13.7. The molecule has 0 aliphatic rings. The topological polar surface area (TPSA) is 42.0 Å². The molecular formula is C16H17FN2O. The van der Waals surface area contributed by atoms with Gasteiger partial charge in [-0.15, -0.1) is 0 Å². The van der Waals surface area contributed by atoms with E-state index in [9.17, 15) is 9.18 Å². The minimum atomic E-state index is -0.525. The van der Waals surface area contributed by atoms with Gasteiger partial charge in [-0.25, -0.2) is 4.39 Å². The van der Waals surface area contributed by atoms with Crippen molar-refractivity contribution in [3.05, 3.63) is 53.6 Å². The number of pyridine rings is 1. The molecule has 0 aliphatic carbocycles. The van der Waals surface area contributed by atoms with Crippen molar-refractivity contribution in [1.82, 2.24) is 10.3 Å². The first-order chi connectivity index (χ1) is 9.54. The molecule has 0 fully saturated rings. The van der Waals surface area contributed by atoms with E-state index in [0.717, 1.165) is 16.8 Å². The average molecular weight is 272 g/mol. The summed E-state index contributed by atoms with van der Waals surface area (Å²) in [4.78, 5) is 16.0. The molecule has 0 saturated heterocycles. The number of benzene rings is 1. The summed E-state index contributed by atoms with van der Waals surface area (Å²) in [5, 5.41) is 2.44. The number of carbonyl (C=O) groups excluding carboxylic acids is 1. The van der Waals surface area contributed by atoms with E-state index in [4.69, 9.17) is 0 Å². The van der Waals surface area contributed by atoms with Crippen LogP contribution in [0.1, 0.15) is 35.8 Å². The minimum Gasteiger partial charge on any atom is -0.355 e. The number of halogens is 1. The summed E-state index contributed by atoms with van der Waals surface area (Å²) in [6.45, 7) is 4.10. The van der Waals surface area contributed by atoms with Crippen LogP contribution in [0, 0.1) is 5.82 Å². The van der Waals surface area contributed by atoms with E-state index in [-0.39, 0.29) is 11.5 Å². The summed E-state index contributed by atoms with van der Waals surface area (Å²) in [5.74, 6) is -0.706. The highest BCUT2D eigenvalue weighted by molar-refractivity contribution is 5.95. The summed E-state index contributed by atoms with van der Waals surface area (Å²) >= 11 is 0. The molecule has 0 unspecified atom stereocenters. The third-order valence-corrected chi connectivity index (χ3v) is 3.13. The lowest BCUT2D eigenvalue weighted by atomic mass is 9.96. The Hall–Kier alpha value is -2.23. The van der Waals surface area contributed by atoms with Gasteiger partial charge in [-0.05, 0) is 29.7 Å². The molecule has 0 aliphatic heterocycles. The van der Waals surface area contributed by atoms with Crippen LogP contribution >= 0.6 is 0 Å². The fraction of sp³-hybridized carbons (Fsp3) is 0.250. The van der Waals surface area contributed by atoms with Crippen molar-refractivity contribution in [2.45, 2.75) is 19.8 Å². The first-order valence-corrected chi connectivity index (χ1v) is 6.51. The maximum atomic E-state index is 13.7. The summed E-state index contributed by atoms with van der Waals surface area (Å²) in [6.07, 6.45) is 1.74. The van der Waals surface area contributed by atoms with Gasteiger partial charge >= 0.3 is 0 Å². The summed E-state index contributed by atoms with van der Waals surface area (Å²) in [5.41, 5.74) is 2.69. The van der Waals surface area contributed by atoms with E-state index >= 15 is 0 Å². The largest absolute Gasteiger partial charge is 0.355 e. The molecule has 0 saturated carbocycles. The van der Waals surface area contributed by atoms with E-state index in [0.29, 0.717) is 0 Å². The van der Waals surface area contributed by atoms with Crippen LogP contribution in [-0.2, 0) is 0 Å². The maximum absolute atomic E-state index is 13.7. The molecule has 2 rings (SSSR count). The lowest BCUT2D eigenvalue weighted by Gasteiger charge is -2.12. The second-order valence-corrected chi connectivity index (χ2v) is 4.86. The predicted octanol–water partition coefficient (Wildman–Crippen LogP) is 3.37. The number of nitrogens with one attached hydrogen (secondary N) is 1. The van der Waals surface area contributed by atoms with Crippen molar-refractivity contribution >= 4 is 5.91 Å². The second-order valence-electron chi connectivity index (χ2n) is 4.86. The number of aromatic nitrogens is 1. The Labute approximate surface area is 117 Å². The van der Waals surface area contributed by atoms with Crippen LogP contribution < -0.4 is 5.32 Å². The molecule has 2 aromatic rings. The molecule has 0 spiro atoms. The Morgan fingerprint density at radius 3 is 2.70 bits per heavy atom. The number of nitrogens with zero attached hydrogens (tertiary/aromatic N) is 1. The SMILES string of the molecule is CNC(=O)c1cc(-c2cccnc2C(C)C)ccc1F. The van der Waals surface area contributed by atoms with Crippen molar-refractivity contribution < 1.29 is 9.18 Å². The zero-order chi connectivity index (χ0) is 14.7. The van der Waals surface area contributed by atoms with E-state index in [1.165, 1.54) is 13.1 Å². The third-order valence-electron chi connectivity index (χ3n) is 3.13. The van der Waals surface area contributed by atoms with Gasteiger partial charge in [0.25, 0.3) is 5.91 Å². The van der Waals surface area contributed by atoms with Crippen LogP contribution in [0.4, 0.5) is 4.39 Å². The Morgan fingerprint density at radius 1 is 1.30 bits per heavy atom. The van der Waals surface area contributed by atoms with Crippen molar-refractivity contribution in [2.75, 3.05) is 7.05 Å². The quantitative estimate of drug-likeness (QED) is 0.930. The smallest absolute Gasteiger partial charge is 0.254 e. The monoisotopic (exact) mass is 272 g/mol. The van der Waals surface area contributed by atoms with Gasteiger partial charge in [0.2, 0.25) is 0 Å². The molecule has 0 atom stereocenters. The highest BCUT2D eigenvalue weighted by Gasteiger charge is 2.14. The standard InChI is InChI=1S/C16H17FN2O/c1-10(2)15-12(5-4-8-19-15)11-6-7-14(17)13(9-11)16(20)18-3/h4-10H,1-3H3,(H,18,20). The minimum absolute atomic E-state index is 0.0450. The molecule has 1 aromatic carbocycles. The van der Waals surface area contributed by atoms with E-state index < -0.39 is 11.7 Å². The number of hydrogen-bond acceptors (Lipinski definition) is 2. The molecular weight excluding hydrogens is 255 g/mol. The Balaban J connectivity index is 2.57. The highest BCUT2D eigenvalue weighted by Crippen LogP contribution is 2.28. The molecule has 1 amide bonds. The van der Waals surface area contributed by atoms with Crippen molar-refractivity contribution in [2.24, 2.45) is 0 Å². The van der Waals surface area contributed by atoms with Crippen LogP contribution in [0.2, 0.25) is 0 Å². The van der Waals surface area contributed by atoms with Gasteiger partial charge < -0.3 is 5.32 Å². The fourth-order valence-corrected chi connectivity index (χ4v) is 2.12. The first-order valence-electron chi connectivity index (χ1n) is 6.51. The number of rotatable bonds is 3. The molecule has 1 heterocycles. The highest BCUT2D eigenvalue weighted by atomic mass is 19.1. The van der Waals surface area contributed by atoms with Crippen molar-refractivity contribution in [3.63, 3.8) is 0 Å². The Morgan fingerprint density at radius 2 is 2.05 bits per heavy atom. The Kier molecular flexibility index (Phi) is 4.13. The third kappa shape index (κ3) is 2.69. The van der Waals surface area contributed by atoms with Gasteiger partial charge in [-0.2, -0.15) is 0 Å². The fourth-order valence-electron chi connectivity index (χ4n) is 2.12. The van der Waals surface area contributed by atoms with Gasteiger partial charge in [0.15, 0.2) is 0 Å². The second kappa shape index (κ2) is 5.82. The zero-order valence-corrected chi connectivity index (χ0v) is 11.8. The van der Waals surface area contributed by atoms with Crippen molar-refractivity contribution in [3.8, 4) is 11.1 Å². The molecule has 0 bridgehead atoms. The number of amides is 1. The van der Waals surface area contributed by atoms with Gasteiger partial charge in [-0.1, -0.05) is 26.0 Å². The van der Waals surface area contributed by atoms with Gasteiger partial charge in [0, 0.05) is 18.8 Å². The summed E-state index contributed by atoms with van der Waals surface area (Å²) in [6, 6.07) is 8.33. The van der Waals surface area contributed by atoms with Crippen LogP contribution in [0.3, 0.4) is 0 Å². The molecule has 1 N–H and O–H groups in total. The van der Waals surface area contributed by atoms with Crippen LogP contribution in [0.15, 0.2) is 36.5 Å². The molecule has 4 heteroatoms. The van der Waals surface area contributed by atoms with Gasteiger partial charge in [-0.3, -0.25) is 9.78 Å². The van der Waals surface area contributed by atoms with Crippen LogP contribution in [-0.4, -0.2) is 17.9 Å². The van der Waals surface area contributed by atoms with E-state index in [2.05, 4.69) is 24.1 Å². The molecule has 0 radical (unpaired) electrons. The van der Waals surface area contributed by atoms with Gasteiger partial charge in [0.1, 0.15) is 5.82 Å². The number of hydrogen-bond donors (Lipinski definition) is 1. The van der Waals surface area contributed by atoms with Crippen LogP contribution in [0.25, 0.3) is 11.1 Å².